The van der Waals surface area contributed by atoms with Crippen molar-refractivity contribution >= 4 is 24.3 Å². The van der Waals surface area contributed by atoms with Crippen molar-refractivity contribution in [3.05, 3.63) is 25.3 Å². The van der Waals surface area contributed by atoms with Gasteiger partial charge in [0.25, 0.3) is 0 Å². The first-order valence-electron chi connectivity index (χ1n) is 3.36. The number of amides is 1. The molecule has 0 spiro atoms. The van der Waals surface area contributed by atoms with E-state index in [4.69, 9.17) is 0 Å². The van der Waals surface area contributed by atoms with Crippen LogP contribution < -0.4 is 5.32 Å². The normalized spacial score (nSPS) is 11.4. The molecule has 0 aliphatic rings. The van der Waals surface area contributed by atoms with Gasteiger partial charge >= 0.3 is 0 Å². The molecule has 1 amide bonds. The van der Waals surface area contributed by atoms with Crippen LogP contribution in [-0.2, 0) is 9.59 Å². The molecule has 0 saturated carbocycles. The van der Waals surface area contributed by atoms with Crippen LogP contribution in [0.25, 0.3) is 0 Å². The standard InChI is InChI=1S/C8H11NO2S/c1-3-6(10)7(12)5-9-8(11)4-2/h3-4,7,12H,1-2,5H2,(H,9,11). The topological polar surface area (TPSA) is 46.2 Å². The van der Waals surface area contributed by atoms with E-state index >= 15 is 0 Å². The van der Waals surface area contributed by atoms with Gasteiger partial charge in [0.1, 0.15) is 0 Å². The highest BCUT2D eigenvalue weighted by atomic mass is 32.1. The van der Waals surface area contributed by atoms with Crippen molar-refractivity contribution in [2.24, 2.45) is 0 Å². The molecule has 0 heterocycles. The molecule has 0 aliphatic heterocycles. The van der Waals surface area contributed by atoms with Crippen molar-refractivity contribution in [2.45, 2.75) is 5.25 Å². The average Bonchev–Trinajstić information content (AvgIpc) is 2.11. The summed E-state index contributed by atoms with van der Waals surface area (Å²) in [5, 5.41) is 1.92. The highest BCUT2D eigenvalue weighted by molar-refractivity contribution is 7.81. The van der Waals surface area contributed by atoms with Gasteiger partial charge in [-0.15, -0.1) is 0 Å². The summed E-state index contributed by atoms with van der Waals surface area (Å²) in [6.07, 6.45) is 2.32. The molecule has 0 fully saturated rings. The molecule has 1 N–H and O–H groups in total. The van der Waals surface area contributed by atoms with E-state index in [1.807, 2.05) is 0 Å². The van der Waals surface area contributed by atoms with Crippen LogP contribution in [0.15, 0.2) is 25.3 Å². The van der Waals surface area contributed by atoms with Gasteiger partial charge in [0.05, 0.1) is 5.25 Å². The lowest BCUT2D eigenvalue weighted by atomic mass is 10.2. The van der Waals surface area contributed by atoms with E-state index in [1.165, 1.54) is 6.08 Å². The molecule has 0 aromatic rings. The van der Waals surface area contributed by atoms with Gasteiger partial charge in [0, 0.05) is 6.54 Å². The minimum absolute atomic E-state index is 0.193. The number of rotatable bonds is 5. The number of nitrogens with one attached hydrogen (secondary N) is 1. The fraction of sp³-hybridized carbons (Fsp3) is 0.250. The smallest absolute Gasteiger partial charge is 0.243 e. The predicted molar refractivity (Wildman–Crippen MR) is 51.2 cm³/mol. The first-order valence-corrected chi connectivity index (χ1v) is 3.88. The molecule has 0 aliphatic carbocycles. The Morgan fingerprint density at radius 1 is 1.42 bits per heavy atom. The zero-order valence-corrected chi connectivity index (χ0v) is 7.51. The summed E-state index contributed by atoms with van der Waals surface area (Å²) in [4.78, 5) is 21.5. The van der Waals surface area contributed by atoms with Gasteiger partial charge < -0.3 is 5.32 Å². The quantitative estimate of drug-likeness (QED) is 0.479. The Bertz CT molecular complexity index is 213. The van der Waals surface area contributed by atoms with Gasteiger partial charge in [-0.1, -0.05) is 13.2 Å². The van der Waals surface area contributed by atoms with E-state index in [0.29, 0.717) is 0 Å². The van der Waals surface area contributed by atoms with Crippen LogP contribution in [-0.4, -0.2) is 23.5 Å². The SMILES string of the molecule is C=CC(=O)NCC(S)C(=O)C=C. The van der Waals surface area contributed by atoms with Crippen LogP contribution >= 0.6 is 12.6 Å². The van der Waals surface area contributed by atoms with E-state index in [1.54, 1.807) is 0 Å². The van der Waals surface area contributed by atoms with E-state index in [-0.39, 0.29) is 18.2 Å². The second-order valence-corrected chi connectivity index (χ2v) is 2.69. The van der Waals surface area contributed by atoms with Crippen molar-refractivity contribution < 1.29 is 9.59 Å². The molecule has 0 bridgehead atoms. The predicted octanol–water partition coefficient (Wildman–Crippen LogP) is 0.342. The van der Waals surface area contributed by atoms with Crippen molar-refractivity contribution in [2.75, 3.05) is 6.54 Å². The second kappa shape index (κ2) is 5.60. The molecule has 3 nitrogen and oxygen atoms in total. The minimum Gasteiger partial charge on any atom is -0.351 e. The fourth-order valence-corrected chi connectivity index (χ4v) is 0.703. The maximum absolute atomic E-state index is 10.8. The number of carbonyl (C=O) groups excluding carboxylic acids is 2. The molecule has 12 heavy (non-hydrogen) atoms. The van der Waals surface area contributed by atoms with E-state index < -0.39 is 5.25 Å². The van der Waals surface area contributed by atoms with Crippen molar-refractivity contribution in [1.29, 1.82) is 0 Å². The van der Waals surface area contributed by atoms with Crippen molar-refractivity contribution in [3.8, 4) is 0 Å². The van der Waals surface area contributed by atoms with Gasteiger partial charge in [0.2, 0.25) is 5.91 Å². The maximum atomic E-state index is 10.8. The van der Waals surface area contributed by atoms with Crippen LogP contribution in [0.2, 0.25) is 0 Å². The molecule has 0 aromatic heterocycles. The third-order valence-corrected chi connectivity index (χ3v) is 1.62. The summed E-state index contributed by atoms with van der Waals surface area (Å²) in [6.45, 7) is 6.75. The van der Waals surface area contributed by atoms with Gasteiger partial charge in [-0.2, -0.15) is 12.6 Å². The van der Waals surface area contributed by atoms with Gasteiger partial charge in [-0.25, -0.2) is 0 Å². The Balaban J connectivity index is 3.78. The lowest BCUT2D eigenvalue weighted by molar-refractivity contribution is -0.116. The Labute approximate surface area is 76.9 Å². The van der Waals surface area contributed by atoms with Crippen LogP contribution in [0.5, 0.6) is 0 Å². The summed E-state index contributed by atoms with van der Waals surface area (Å²) >= 11 is 3.95. The van der Waals surface area contributed by atoms with Gasteiger partial charge in [0.15, 0.2) is 5.78 Å². The summed E-state index contributed by atoms with van der Waals surface area (Å²) in [6, 6.07) is 0. The van der Waals surface area contributed by atoms with Crippen molar-refractivity contribution in [3.63, 3.8) is 0 Å². The molecule has 0 radical (unpaired) electrons. The molecular formula is C8H11NO2S. The van der Waals surface area contributed by atoms with Crippen LogP contribution in [0, 0.1) is 0 Å². The zero-order valence-electron chi connectivity index (χ0n) is 6.62. The molecular weight excluding hydrogens is 174 g/mol. The molecule has 0 rings (SSSR count). The van der Waals surface area contributed by atoms with Crippen LogP contribution in [0.3, 0.4) is 0 Å². The lowest BCUT2D eigenvalue weighted by Crippen LogP contribution is -2.31. The van der Waals surface area contributed by atoms with Crippen LogP contribution in [0.4, 0.5) is 0 Å². The summed E-state index contributed by atoms with van der Waals surface area (Å²) in [5.41, 5.74) is 0. The van der Waals surface area contributed by atoms with Gasteiger partial charge in [-0.05, 0) is 12.2 Å². The number of ketones is 1. The summed E-state index contributed by atoms with van der Waals surface area (Å²) in [7, 11) is 0. The van der Waals surface area contributed by atoms with Gasteiger partial charge in [-0.3, -0.25) is 9.59 Å². The zero-order chi connectivity index (χ0) is 9.56. The van der Waals surface area contributed by atoms with Crippen LogP contribution in [0.1, 0.15) is 0 Å². The lowest BCUT2D eigenvalue weighted by Gasteiger charge is -2.06. The van der Waals surface area contributed by atoms with E-state index in [0.717, 1.165) is 6.08 Å². The summed E-state index contributed by atoms with van der Waals surface area (Å²) in [5.74, 6) is -0.520. The Kier molecular flexibility index (Phi) is 5.12. The molecule has 0 aromatic carbocycles. The third kappa shape index (κ3) is 3.98. The molecule has 1 unspecified atom stereocenters. The van der Waals surface area contributed by atoms with Crippen molar-refractivity contribution in [1.82, 2.24) is 5.32 Å². The molecule has 66 valence electrons. The average molecular weight is 185 g/mol. The van der Waals surface area contributed by atoms with E-state index in [9.17, 15) is 9.59 Å². The third-order valence-electron chi connectivity index (χ3n) is 1.18. The fourth-order valence-electron chi connectivity index (χ4n) is 0.506. The molecule has 0 saturated heterocycles. The maximum Gasteiger partial charge on any atom is 0.243 e. The minimum atomic E-state index is -0.522. The number of hydrogen-bond donors (Lipinski definition) is 2. The Hall–Kier alpha value is -1.03. The van der Waals surface area contributed by atoms with E-state index in [2.05, 4.69) is 31.1 Å². The Morgan fingerprint density at radius 2 is 2.00 bits per heavy atom. The number of carbonyl (C=O) groups is 2. The number of allylic oxidation sites excluding steroid dienone is 1. The highest BCUT2D eigenvalue weighted by Crippen LogP contribution is 1.95. The second-order valence-electron chi connectivity index (χ2n) is 2.07. The highest BCUT2D eigenvalue weighted by Gasteiger charge is 2.09. The molecule has 4 heteroatoms. The largest absolute Gasteiger partial charge is 0.351 e. The monoisotopic (exact) mass is 185 g/mol. The summed E-state index contributed by atoms with van der Waals surface area (Å²) < 4.78 is 0. The Morgan fingerprint density at radius 3 is 2.42 bits per heavy atom. The first-order chi connectivity index (χ1) is 5.61. The first kappa shape index (κ1) is 11.0. The number of thiol groups is 1. The number of hydrogen-bond acceptors (Lipinski definition) is 3. The molecule has 1 atom stereocenters.